The lowest BCUT2D eigenvalue weighted by molar-refractivity contribution is 0.237. The Morgan fingerprint density at radius 1 is 1.60 bits per heavy atom. The number of rotatable bonds is 2. The van der Waals surface area contributed by atoms with Crippen LogP contribution in [0.3, 0.4) is 0 Å². The molecule has 0 bridgehead atoms. The largest absolute Gasteiger partial charge is 0.0654 e. The minimum absolute atomic E-state index is 0.648. The fraction of sp³-hybridized carbons (Fsp3) is 0.900. The zero-order valence-electron chi connectivity index (χ0n) is 7.48. The van der Waals surface area contributed by atoms with Crippen molar-refractivity contribution >= 4 is 0 Å². The third-order valence-electron chi connectivity index (χ3n) is 3.16. The maximum absolute atomic E-state index is 2.48. The van der Waals surface area contributed by atoms with Crippen LogP contribution in [-0.4, -0.2) is 0 Å². The third kappa shape index (κ3) is 1.36. The van der Waals surface area contributed by atoms with Crippen molar-refractivity contribution in [1.82, 2.24) is 0 Å². The van der Waals surface area contributed by atoms with Gasteiger partial charge in [0.25, 0.3) is 0 Å². The highest BCUT2D eigenvalue weighted by atomic mass is 14.4. The summed E-state index contributed by atoms with van der Waals surface area (Å²) in [7, 11) is 0. The second-order valence-electron chi connectivity index (χ2n) is 3.97. The van der Waals surface area contributed by atoms with Gasteiger partial charge in [-0.25, -0.2) is 0 Å². The van der Waals surface area contributed by atoms with Crippen LogP contribution in [0.2, 0.25) is 0 Å². The van der Waals surface area contributed by atoms with E-state index in [0.717, 1.165) is 5.92 Å². The standard InChI is InChI=1S/C10H19/c1-4-7-10(3)8-5-6-9(10)2/h6,9H,4-5,7-8H2,1-3H3. The summed E-state index contributed by atoms with van der Waals surface area (Å²) in [4.78, 5) is 0. The molecule has 0 N–H and O–H groups in total. The molecular formula is C10H19. The Morgan fingerprint density at radius 3 is 2.70 bits per heavy atom. The van der Waals surface area contributed by atoms with Crippen molar-refractivity contribution in [2.75, 3.05) is 0 Å². The maximum Gasteiger partial charge on any atom is -0.0297 e. The van der Waals surface area contributed by atoms with Gasteiger partial charge >= 0.3 is 0 Å². The normalized spacial score (nSPS) is 40.5. The van der Waals surface area contributed by atoms with Gasteiger partial charge in [-0.1, -0.05) is 27.2 Å². The topological polar surface area (TPSA) is 0 Å². The van der Waals surface area contributed by atoms with Crippen LogP contribution in [0, 0.1) is 17.8 Å². The Bertz CT molecular complexity index is 107. The van der Waals surface area contributed by atoms with Crippen molar-refractivity contribution in [1.29, 1.82) is 0 Å². The van der Waals surface area contributed by atoms with Crippen molar-refractivity contribution in [3.05, 3.63) is 6.42 Å². The van der Waals surface area contributed by atoms with Crippen LogP contribution < -0.4 is 0 Å². The zero-order valence-corrected chi connectivity index (χ0v) is 7.48. The molecule has 0 aromatic heterocycles. The van der Waals surface area contributed by atoms with Crippen LogP contribution in [0.1, 0.15) is 46.5 Å². The molecule has 2 unspecified atom stereocenters. The van der Waals surface area contributed by atoms with E-state index in [1.165, 1.54) is 25.7 Å². The van der Waals surface area contributed by atoms with Gasteiger partial charge in [0, 0.05) is 0 Å². The van der Waals surface area contributed by atoms with E-state index in [9.17, 15) is 0 Å². The molecule has 0 spiro atoms. The monoisotopic (exact) mass is 139 g/mol. The third-order valence-corrected chi connectivity index (χ3v) is 3.16. The van der Waals surface area contributed by atoms with Gasteiger partial charge in [-0.15, -0.1) is 0 Å². The number of hydrogen-bond acceptors (Lipinski definition) is 0. The molecule has 0 aromatic carbocycles. The molecule has 0 amide bonds. The van der Waals surface area contributed by atoms with E-state index >= 15 is 0 Å². The van der Waals surface area contributed by atoms with Gasteiger partial charge in [-0.05, 0) is 37.0 Å². The molecule has 0 aromatic rings. The van der Waals surface area contributed by atoms with E-state index in [1.54, 1.807) is 0 Å². The molecule has 10 heavy (non-hydrogen) atoms. The lowest BCUT2D eigenvalue weighted by Crippen LogP contribution is -2.18. The van der Waals surface area contributed by atoms with Gasteiger partial charge in [-0.2, -0.15) is 0 Å². The Kier molecular flexibility index (Phi) is 2.38. The van der Waals surface area contributed by atoms with Crippen molar-refractivity contribution in [2.45, 2.75) is 46.5 Å². The first-order valence-electron chi connectivity index (χ1n) is 4.52. The van der Waals surface area contributed by atoms with E-state index in [0.29, 0.717) is 5.41 Å². The Morgan fingerprint density at radius 2 is 2.30 bits per heavy atom. The molecule has 1 aliphatic carbocycles. The minimum Gasteiger partial charge on any atom is -0.0654 e. The smallest absolute Gasteiger partial charge is 0.0297 e. The van der Waals surface area contributed by atoms with Crippen molar-refractivity contribution < 1.29 is 0 Å². The fourth-order valence-corrected chi connectivity index (χ4v) is 2.10. The molecule has 0 nitrogen and oxygen atoms in total. The van der Waals surface area contributed by atoms with Gasteiger partial charge in [0.15, 0.2) is 0 Å². The first kappa shape index (κ1) is 8.10. The Labute approximate surface area is 65.0 Å². The summed E-state index contributed by atoms with van der Waals surface area (Å²) in [6.07, 6.45) is 7.99. The average Bonchev–Trinajstić information content (AvgIpc) is 2.15. The first-order valence-corrected chi connectivity index (χ1v) is 4.52. The van der Waals surface area contributed by atoms with Crippen LogP contribution in [0.4, 0.5) is 0 Å². The van der Waals surface area contributed by atoms with Crippen LogP contribution in [0.25, 0.3) is 0 Å². The Balaban J connectivity index is 2.48. The summed E-state index contributed by atoms with van der Waals surface area (Å²) < 4.78 is 0. The molecule has 0 heteroatoms. The highest BCUT2D eigenvalue weighted by Gasteiger charge is 2.34. The molecule has 0 aliphatic heterocycles. The van der Waals surface area contributed by atoms with Crippen molar-refractivity contribution in [3.63, 3.8) is 0 Å². The lowest BCUT2D eigenvalue weighted by Gasteiger charge is -2.28. The molecule has 2 atom stereocenters. The first-order chi connectivity index (χ1) is 4.69. The van der Waals surface area contributed by atoms with Crippen LogP contribution in [0.5, 0.6) is 0 Å². The van der Waals surface area contributed by atoms with Crippen LogP contribution in [0.15, 0.2) is 0 Å². The molecule has 0 saturated heterocycles. The molecule has 1 radical (unpaired) electrons. The predicted molar refractivity (Wildman–Crippen MR) is 45.7 cm³/mol. The maximum atomic E-state index is 2.48. The van der Waals surface area contributed by atoms with Gasteiger partial charge in [-0.3, -0.25) is 0 Å². The van der Waals surface area contributed by atoms with Gasteiger partial charge in [0.1, 0.15) is 0 Å². The summed E-state index contributed by atoms with van der Waals surface area (Å²) in [5, 5.41) is 0. The van der Waals surface area contributed by atoms with E-state index in [4.69, 9.17) is 0 Å². The van der Waals surface area contributed by atoms with E-state index < -0.39 is 0 Å². The Hall–Kier alpha value is 0. The SMILES string of the molecule is CCCC1(C)CC[CH]C1C. The summed E-state index contributed by atoms with van der Waals surface area (Å²) in [6.45, 7) is 7.09. The lowest BCUT2D eigenvalue weighted by atomic mass is 9.77. The highest BCUT2D eigenvalue weighted by molar-refractivity contribution is 4.95. The average molecular weight is 139 g/mol. The van der Waals surface area contributed by atoms with E-state index in [2.05, 4.69) is 27.2 Å². The van der Waals surface area contributed by atoms with Crippen LogP contribution >= 0.6 is 0 Å². The molecule has 1 aliphatic rings. The van der Waals surface area contributed by atoms with Crippen LogP contribution in [-0.2, 0) is 0 Å². The molecule has 0 heterocycles. The summed E-state index contributed by atoms with van der Waals surface area (Å²) in [5.74, 6) is 0.854. The molecule has 1 rings (SSSR count). The summed E-state index contributed by atoms with van der Waals surface area (Å²) in [6, 6.07) is 0. The molecule has 1 saturated carbocycles. The van der Waals surface area contributed by atoms with Gasteiger partial charge in [0.2, 0.25) is 0 Å². The summed E-state index contributed by atoms with van der Waals surface area (Å²) in [5.41, 5.74) is 0.648. The molecule has 59 valence electrons. The molecule has 1 fully saturated rings. The summed E-state index contributed by atoms with van der Waals surface area (Å²) >= 11 is 0. The predicted octanol–water partition coefficient (Wildman–Crippen LogP) is 3.43. The highest BCUT2D eigenvalue weighted by Crippen LogP contribution is 2.45. The quantitative estimate of drug-likeness (QED) is 0.550. The van der Waals surface area contributed by atoms with E-state index in [1.807, 2.05) is 0 Å². The van der Waals surface area contributed by atoms with Crippen molar-refractivity contribution in [3.8, 4) is 0 Å². The minimum atomic E-state index is 0.648. The van der Waals surface area contributed by atoms with E-state index in [-0.39, 0.29) is 0 Å². The van der Waals surface area contributed by atoms with Gasteiger partial charge < -0.3 is 0 Å². The van der Waals surface area contributed by atoms with Crippen molar-refractivity contribution in [2.24, 2.45) is 11.3 Å². The second-order valence-corrected chi connectivity index (χ2v) is 3.97. The zero-order chi connectivity index (χ0) is 7.61. The molecular weight excluding hydrogens is 120 g/mol. The number of hydrogen-bond donors (Lipinski definition) is 0. The fourth-order valence-electron chi connectivity index (χ4n) is 2.10. The van der Waals surface area contributed by atoms with Gasteiger partial charge in [0.05, 0.1) is 0 Å². The second kappa shape index (κ2) is 2.94.